The quantitative estimate of drug-likeness (QED) is 0.150. The lowest BCUT2D eigenvalue weighted by Crippen LogP contribution is -2.47. The van der Waals surface area contributed by atoms with Gasteiger partial charge in [-0.3, -0.25) is 28.2 Å². The molecule has 4 rings (SSSR count). The fourth-order valence-corrected chi connectivity index (χ4v) is 8.35. The van der Waals surface area contributed by atoms with Crippen molar-refractivity contribution in [2.24, 2.45) is 11.8 Å². The Labute approximate surface area is 306 Å². The molecular formula is C33H47N3O15P2. The van der Waals surface area contributed by atoms with Crippen molar-refractivity contribution in [3.8, 4) is 11.4 Å². The van der Waals surface area contributed by atoms with E-state index in [0.29, 0.717) is 5.75 Å². The molecule has 0 unspecified atom stereocenters. The number of carbonyl (C=O) groups excluding carboxylic acids is 2. The molecule has 18 nitrogen and oxygen atoms in total. The van der Waals surface area contributed by atoms with Crippen LogP contribution < -0.4 is 4.74 Å². The molecule has 2 aliphatic carbocycles. The molecule has 0 radical (unpaired) electrons. The Hall–Kier alpha value is -3.60. The van der Waals surface area contributed by atoms with Gasteiger partial charge in [0.15, 0.2) is 0 Å². The molecule has 2 amide bonds. The minimum absolute atomic E-state index is 0.0634. The SMILES string of the molecule is COc1ccc(-n2c(C(=O)N(C)C)c(C3(C(=O)O)CCC(COP(=O)(O)O)CC3)c(C3(C(=O)O)CCC(COP(=O)(O)O)CC3)c2C(=O)N(C)C)cc1. The molecule has 294 valence electrons. The molecule has 1 aromatic heterocycles. The summed E-state index contributed by atoms with van der Waals surface area (Å²) in [4.78, 5) is 96.2. The molecule has 0 atom stereocenters. The van der Waals surface area contributed by atoms with Gasteiger partial charge in [-0.1, -0.05) is 0 Å². The van der Waals surface area contributed by atoms with Gasteiger partial charge in [0, 0.05) is 45.0 Å². The van der Waals surface area contributed by atoms with E-state index in [1.54, 1.807) is 24.3 Å². The van der Waals surface area contributed by atoms with Gasteiger partial charge >= 0.3 is 27.6 Å². The van der Waals surface area contributed by atoms with Crippen molar-refractivity contribution in [2.45, 2.75) is 62.2 Å². The standard InChI is InChI=1S/C33H47N3O15P2/c1-34(2)28(37)26-24(32(30(39)40)14-10-20(11-15-32)18-50-52(43,44)45)25(33(31(41)42)16-12-21(13-17-33)19-51-53(46,47)48)27(29(38)35(3)4)36(26)22-6-8-23(49-5)9-7-22/h6-9,20-21H,10-19H2,1-5H3,(H,39,40)(H,41,42)(H2,43,44,45)(H2,46,47,48). The normalized spacial score (nSPS) is 23.6. The number of aromatic nitrogens is 1. The maximum Gasteiger partial charge on any atom is 0.469 e. The van der Waals surface area contributed by atoms with Crippen molar-refractivity contribution in [1.82, 2.24) is 14.4 Å². The first-order valence-corrected chi connectivity index (χ1v) is 19.9. The van der Waals surface area contributed by atoms with E-state index in [0.717, 1.165) is 0 Å². The number of phosphoric ester groups is 2. The van der Waals surface area contributed by atoms with Crippen molar-refractivity contribution in [1.29, 1.82) is 0 Å². The van der Waals surface area contributed by atoms with E-state index >= 15 is 0 Å². The Morgan fingerprint density at radius 2 is 1.04 bits per heavy atom. The summed E-state index contributed by atoms with van der Waals surface area (Å²) in [6.07, 6.45) is -0.545. The van der Waals surface area contributed by atoms with Crippen molar-refractivity contribution < 1.29 is 71.9 Å². The molecule has 1 heterocycles. The number of hydrogen-bond acceptors (Lipinski definition) is 9. The van der Waals surface area contributed by atoms with Crippen LogP contribution in [0.15, 0.2) is 24.3 Å². The van der Waals surface area contributed by atoms with Gasteiger partial charge in [0.2, 0.25) is 0 Å². The van der Waals surface area contributed by atoms with Gasteiger partial charge in [-0.2, -0.15) is 0 Å². The summed E-state index contributed by atoms with van der Waals surface area (Å²) in [6.45, 7) is -0.741. The predicted octanol–water partition coefficient (Wildman–Crippen LogP) is 3.13. The van der Waals surface area contributed by atoms with Crippen LogP contribution in [0, 0.1) is 11.8 Å². The van der Waals surface area contributed by atoms with E-state index in [1.807, 2.05) is 0 Å². The number of benzene rings is 1. The number of carboxylic acid groups (broad SMARTS) is 2. The molecule has 2 saturated carbocycles. The first kappa shape index (κ1) is 42.1. The number of rotatable bonds is 14. The van der Waals surface area contributed by atoms with Crippen LogP contribution in [0.25, 0.3) is 5.69 Å². The number of amides is 2. The first-order valence-electron chi connectivity index (χ1n) is 16.8. The highest BCUT2D eigenvalue weighted by molar-refractivity contribution is 7.46. The maximum atomic E-state index is 14.5. The molecule has 6 N–H and O–H groups in total. The Morgan fingerprint density at radius 3 is 1.30 bits per heavy atom. The van der Waals surface area contributed by atoms with Crippen LogP contribution in [0.4, 0.5) is 0 Å². The molecule has 1 aromatic carbocycles. The number of ether oxygens (including phenoxy) is 1. The largest absolute Gasteiger partial charge is 0.497 e. The third kappa shape index (κ3) is 8.87. The second-order valence-corrected chi connectivity index (χ2v) is 16.6. The second-order valence-electron chi connectivity index (χ2n) is 14.1. The molecule has 0 saturated heterocycles. The average molecular weight is 788 g/mol. The second kappa shape index (κ2) is 16.0. The summed E-state index contributed by atoms with van der Waals surface area (Å²) in [7, 11) is -2.49. The Balaban J connectivity index is 2.13. The van der Waals surface area contributed by atoms with Crippen molar-refractivity contribution in [2.75, 3.05) is 48.5 Å². The molecule has 2 fully saturated rings. The van der Waals surface area contributed by atoms with Crippen molar-refractivity contribution in [3.63, 3.8) is 0 Å². The Morgan fingerprint density at radius 1 is 0.698 bits per heavy atom. The van der Waals surface area contributed by atoms with Gasteiger partial charge in [-0.15, -0.1) is 0 Å². The summed E-state index contributed by atoms with van der Waals surface area (Å²) in [5.41, 5.74) is -4.45. The highest BCUT2D eigenvalue weighted by Gasteiger charge is 2.57. The summed E-state index contributed by atoms with van der Waals surface area (Å²) in [5.74, 6) is -4.76. The minimum Gasteiger partial charge on any atom is -0.497 e. The molecule has 2 aliphatic rings. The highest BCUT2D eigenvalue weighted by Crippen LogP contribution is 2.54. The Bertz CT molecular complexity index is 1690. The van der Waals surface area contributed by atoms with Gasteiger partial charge in [-0.05, 0) is 87.5 Å². The third-order valence-corrected chi connectivity index (χ3v) is 11.3. The number of methoxy groups -OCH3 is 1. The number of carboxylic acids is 2. The summed E-state index contributed by atoms with van der Waals surface area (Å²) in [6, 6.07) is 6.25. The molecule has 20 heteroatoms. The maximum absolute atomic E-state index is 14.5. The lowest BCUT2D eigenvalue weighted by molar-refractivity contribution is -0.148. The number of hydrogen-bond donors (Lipinski definition) is 6. The number of nitrogens with zero attached hydrogens (tertiary/aromatic N) is 3. The van der Waals surface area contributed by atoms with E-state index < -0.39 is 62.1 Å². The topological polar surface area (TPSA) is 263 Å². The molecule has 53 heavy (non-hydrogen) atoms. The fraction of sp³-hybridized carbons (Fsp3) is 0.576. The highest BCUT2D eigenvalue weighted by atomic mass is 31.2. The first-order chi connectivity index (χ1) is 24.6. The monoisotopic (exact) mass is 787 g/mol. The number of carbonyl (C=O) groups is 4. The summed E-state index contributed by atoms with van der Waals surface area (Å²) < 4.78 is 39.0. The molecule has 0 spiro atoms. The van der Waals surface area contributed by atoms with Crippen molar-refractivity contribution in [3.05, 3.63) is 46.8 Å². The van der Waals surface area contributed by atoms with Gasteiger partial charge in [0.05, 0.1) is 31.2 Å². The summed E-state index contributed by atoms with van der Waals surface area (Å²) >= 11 is 0. The number of aliphatic carboxylic acids is 2. The van der Waals surface area contributed by atoms with E-state index in [1.165, 1.54) is 49.7 Å². The minimum atomic E-state index is -4.84. The van der Waals surface area contributed by atoms with Gasteiger partial charge in [0.1, 0.15) is 17.1 Å². The zero-order chi connectivity index (χ0) is 39.7. The van der Waals surface area contributed by atoms with E-state index in [9.17, 15) is 58.1 Å². The zero-order valence-corrected chi connectivity index (χ0v) is 31.9. The van der Waals surface area contributed by atoms with Crippen LogP contribution in [0.3, 0.4) is 0 Å². The van der Waals surface area contributed by atoms with Crippen LogP contribution in [-0.2, 0) is 38.6 Å². The lowest BCUT2D eigenvalue weighted by atomic mass is 9.59. The molecule has 2 aromatic rings. The van der Waals surface area contributed by atoms with E-state index in [-0.39, 0.29) is 92.8 Å². The van der Waals surface area contributed by atoms with Crippen LogP contribution in [-0.4, -0.2) is 116 Å². The van der Waals surface area contributed by atoms with Gasteiger partial charge < -0.3 is 48.9 Å². The fourth-order valence-electron chi connectivity index (χ4n) is 7.54. The average Bonchev–Trinajstić information content (AvgIpc) is 3.45. The van der Waals surface area contributed by atoms with Crippen LogP contribution in [0.1, 0.15) is 83.5 Å². The van der Waals surface area contributed by atoms with E-state index in [2.05, 4.69) is 0 Å². The molecule has 0 aliphatic heterocycles. The smallest absolute Gasteiger partial charge is 0.469 e. The van der Waals surface area contributed by atoms with Gasteiger partial charge in [0.25, 0.3) is 11.8 Å². The van der Waals surface area contributed by atoms with Crippen LogP contribution >= 0.6 is 15.6 Å². The van der Waals surface area contributed by atoms with Crippen molar-refractivity contribution >= 4 is 39.4 Å². The zero-order valence-electron chi connectivity index (χ0n) is 30.1. The lowest BCUT2D eigenvalue weighted by Gasteiger charge is -2.42. The Kier molecular flexibility index (Phi) is 12.7. The number of phosphoric acid groups is 2. The third-order valence-electron chi connectivity index (χ3n) is 10.4. The predicted molar refractivity (Wildman–Crippen MR) is 187 cm³/mol. The van der Waals surface area contributed by atoms with Crippen LogP contribution in [0.2, 0.25) is 0 Å². The summed E-state index contributed by atoms with van der Waals surface area (Å²) in [5, 5.41) is 22.4. The van der Waals surface area contributed by atoms with Crippen LogP contribution in [0.5, 0.6) is 5.75 Å². The van der Waals surface area contributed by atoms with Gasteiger partial charge in [-0.25, -0.2) is 9.13 Å². The van der Waals surface area contributed by atoms with E-state index in [4.69, 9.17) is 13.8 Å². The molecule has 0 bridgehead atoms. The molecular weight excluding hydrogens is 740 g/mol.